The highest BCUT2D eigenvalue weighted by atomic mass is 19.1. The first-order valence-electron chi connectivity index (χ1n) is 6.85. The van der Waals surface area contributed by atoms with E-state index in [1.54, 1.807) is 19.2 Å². The van der Waals surface area contributed by atoms with Gasteiger partial charge in [0.2, 0.25) is 5.82 Å². The number of hydrogen-bond donors (Lipinski definition) is 1. The Labute approximate surface area is 121 Å². The van der Waals surface area contributed by atoms with Gasteiger partial charge in [-0.1, -0.05) is 5.16 Å². The van der Waals surface area contributed by atoms with E-state index < -0.39 is 0 Å². The van der Waals surface area contributed by atoms with Crippen molar-refractivity contribution in [2.75, 3.05) is 38.2 Å². The van der Waals surface area contributed by atoms with Crippen molar-refractivity contribution in [1.29, 1.82) is 0 Å². The van der Waals surface area contributed by atoms with Gasteiger partial charge in [-0.2, -0.15) is 4.98 Å². The summed E-state index contributed by atoms with van der Waals surface area (Å²) in [5, 5.41) is 7.15. The minimum atomic E-state index is -0.235. The van der Waals surface area contributed by atoms with E-state index in [1.807, 2.05) is 4.90 Å². The number of nitrogens with one attached hydrogen (secondary N) is 1. The van der Waals surface area contributed by atoms with Crippen molar-refractivity contribution < 1.29 is 13.7 Å². The fourth-order valence-corrected chi connectivity index (χ4v) is 2.35. The molecule has 1 aliphatic rings. The summed E-state index contributed by atoms with van der Waals surface area (Å²) in [7, 11) is 1.56. The molecule has 0 aliphatic carbocycles. The molecule has 0 saturated carbocycles. The van der Waals surface area contributed by atoms with Gasteiger partial charge in [-0.25, -0.2) is 4.39 Å². The van der Waals surface area contributed by atoms with Gasteiger partial charge in [-0.05, 0) is 18.2 Å². The Kier molecular flexibility index (Phi) is 4.12. The van der Waals surface area contributed by atoms with E-state index in [0.29, 0.717) is 17.4 Å². The summed E-state index contributed by atoms with van der Waals surface area (Å²) in [4.78, 5) is 6.25. The van der Waals surface area contributed by atoms with Gasteiger partial charge in [-0.3, -0.25) is 0 Å². The molecule has 3 rings (SSSR count). The Morgan fingerprint density at radius 1 is 1.38 bits per heavy atom. The molecule has 2 aromatic rings. The number of piperazine rings is 1. The SMILES string of the molecule is COCc1nc(-c2ccc(F)c(N3CCNCC3)c2)no1. The number of halogens is 1. The van der Waals surface area contributed by atoms with Crippen LogP contribution in [0.25, 0.3) is 11.4 Å². The highest BCUT2D eigenvalue weighted by molar-refractivity contribution is 5.63. The van der Waals surface area contributed by atoms with Gasteiger partial charge in [0.05, 0.1) is 5.69 Å². The van der Waals surface area contributed by atoms with Gasteiger partial charge in [0.1, 0.15) is 12.4 Å². The molecular formula is C14H17FN4O2. The van der Waals surface area contributed by atoms with Crippen LogP contribution in [-0.2, 0) is 11.3 Å². The first kappa shape index (κ1) is 14.0. The zero-order valence-corrected chi connectivity index (χ0v) is 11.8. The first-order valence-corrected chi connectivity index (χ1v) is 6.85. The second kappa shape index (κ2) is 6.19. The molecule has 1 fully saturated rings. The topological polar surface area (TPSA) is 63.4 Å². The standard InChI is InChI=1S/C14H17FN4O2/c1-20-9-13-17-14(18-21-13)10-2-3-11(15)12(8-10)19-6-4-16-5-7-19/h2-3,8,16H,4-7,9H2,1H3. The molecule has 1 aliphatic heterocycles. The van der Waals surface area contributed by atoms with Crippen LogP contribution in [0.4, 0.5) is 10.1 Å². The number of ether oxygens (including phenoxy) is 1. The molecular weight excluding hydrogens is 275 g/mol. The molecule has 112 valence electrons. The van der Waals surface area contributed by atoms with Crippen LogP contribution in [0.2, 0.25) is 0 Å². The van der Waals surface area contributed by atoms with Crippen LogP contribution in [0.15, 0.2) is 22.7 Å². The second-order valence-electron chi connectivity index (χ2n) is 4.85. The molecule has 21 heavy (non-hydrogen) atoms. The normalized spacial score (nSPS) is 15.4. The van der Waals surface area contributed by atoms with E-state index in [1.165, 1.54) is 6.07 Å². The minimum Gasteiger partial charge on any atom is -0.375 e. The smallest absolute Gasteiger partial charge is 0.252 e. The molecule has 0 radical (unpaired) electrons. The maximum atomic E-state index is 14.0. The van der Waals surface area contributed by atoms with Crippen LogP contribution in [0.3, 0.4) is 0 Å². The predicted molar refractivity (Wildman–Crippen MR) is 75.5 cm³/mol. The van der Waals surface area contributed by atoms with Crippen LogP contribution in [0.1, 0.15) is 5.89 Å². The quantitative estimate of drug-likeness (QED) is 0.920. The third kappa shape index (κ3) is 3.03. The maximum absolute atomic E-state index is 14.0. The average molecular weight is 292 g/mol. The van der Waals surface area contributed by atoms with E-state index in [9.17, 15) is 4.39 Å². The number of hydrogen-bond acceptors (Lipinski definition) is 6. The van der Waals surface area contributed by atoms with Gasteiger partial charge < -0.3 is 19.5 Å². The summed E-state index contributed by atoms with van der Waals surface area (Å²) in [5.74, 6) is 0.611. The Hall–Kier alpha value is -1.99. The second-order valence-corrected chi connectivity index (χ2v) is 4.85. The monoisotopic (exact) mass is 292 g/mol. The lowest BCUT2D eigenvalue weighted by molar-refractivity contribution is 0.151. The summed E-state index contributed by atoms with van der Waals surface area (Å²) in [6, 6.07) is 4.86. The van der Waals surface area contributed by atoms with Gasteiger partial charge in [-0.15, -0.1) is 0 Å². The summed E-state index contributed by atoms with van der Waals surface area (Å²) in [6.45, 7) is 3.52. The number of anilines is 1. The predicted octanol–water partition coefficient (Wildman–Crippen LogP) is 1.43. The highest BCUT2D eigenvalue weighted by Crippen LogP contribution is 2.26. The van der Waals surface area contributed by atoms with Crippen molar-refractivity contribution in [3.63, 3.8) is 0 Å². The summed E-state index contributed by atoms with van der Waals surface area (Å²) >= 11 is 0. The van der Waals surface area contributed by atoms with Crippen molar-refractivity contribution >= 4 is 5.69 Å². The molecule has 7 heteroatoms. The van der Waals surface area contributed by atoms with Gasteiger partial charge >= 0.3 is 0 Å². The van der Waals surface area contributed by atoms with Crippen LogP contribution >= 0.6 is 0 Å². The lowest BCUT2D eigenvalue weighted by atomic mass is 10.1. The zero-order chi connectivity index (χ0) is 14.7. The summed E-state index contributed by atoms with van der Waals surface area (Å²) < 4.78 is 24.1. The fraction of sp³-hybridized carbons (Fsp3) is 0.429. The van der Waals surface area contributed by atoms with Crippen LogP contribution < -0.4 is 10.2 Å². The highest BCUT2D eigenvalue weighted by Gasteiger charge is 2.17. The maximum Gasteiger partial charge on any atom is 0.252 e. The van der Waals surface area contributed by atoms with Gasteiger partial charge in [0.15, 0.2) is 0 Å². The summed E-state index contributed by atoms with van der Waals surface area (Å²) in [5.41, 5.74) is 1.31. The fourth-order valence-electron chi connectivity index (χ4n) is 2.35. The van der Waals surface area contributed by atoms with Gasteiger partial charge in [0.25, 0.3) is 5.89 Å². The number of rotatable bonds is 4. The van der Waals surface area contributed by atoms with E-state index in [0.717, 1.165) is 31.7 Å². The molecule has 2 heterocycles. The van der Waals surface area contributed by atoms with Crippen molar-refractivity contribution in [1.82, 2.24) is 15.5 Å². The van der Waals surface area contributed by atoms with Crippen molar-refractivity contribution in [2.24, 2.45) is 0 Å². The molecule has 0 atom stereocenters. The molecule has 0 bridgehead atoms. The number of benzene rings is 1. The Morgan fingerprint density at radius 2 is 2.19 bits per heavy atom. The Balaban J connectivity index is 1.88. The number of methoxy groups -OCH3 is 1. The van der Waals surface area contributed by atoms with Crippen molar-refractivity contribution in [2.45, 2.75) is 6.61 Å². The first-order chi connectivity index (χ1) is 10.3. The van der Waals surface area contributed by atoms with Crippen molar-refractivity contribution in [3.05, 3.63) is 29.9 Å². The molecule has 0 amide bonds. The Bertz CT molecular complexity index is 611. The Morgan fingerprint density at radius 3 is 2.95 bits per heavy atom. The molecule has 1 aromatic heterocycles. The number of aromatic nitrogens is 2. The van der Waals surface area contributed by atoms with Gasteiger partial charge in [0, 0.05) is 38.9 Å². The third-order valence-corrected chi connectivity index (χ3v) is 3.40. The third-order valence-electron chi connectivity index (χ3n) is 3.40. The molecule has 1 saturated heterocycles. The largest absolute Gasteiger partial charge is 0.375 e. The molecule has 1 N–H and O–H groups in total. The number of nitrogens with zero attached hydrogens (tertiary/aromatic N) is 3. The van der Waals surface area contributed by atoms with Crippen LogP contribution in [0, 0.1) is 5.82 Å². The van der Waals surface area contributed by atoms with Crippen LogP contribution in [-0.4, -0.2) is 43.4 Å². The van der Waals surface area contributed by atoms with E-state index in [4.69, 9.17) is 9.26 Å². The lowest BCUT2D eigenvalue weighted by Gasteiger charge is -2.29. The van der Waals surface area contributed by atoms with Crippen LogP contribution in [0.5, 0.6) is 0 Å². The zero-order valence-electron chi connectivity index (χ0n) is 11.8. The van der Waals surface area contributed by atoms with E-state index in [2.05, 4.69) is 15.5 Å². The minimum absolute atomic E-state index is 0.235. The van der Waals surface area contributed by atoms with E-state index in [-0.39, 0.29) is 12.4 Å². The van der Waals surface area contributed by atoms with Crippen molar-refractivity contribution in [3.8, 4) is 11.4 Å². The molecule has 1 aromatic carbocycles. The molecule has 0 spiro atoms. The van der Waals surface area contributed by atoms with E-state index >= 15 is 0 Å². The molecule has 0 unspecified atom stereocenters. The molecule has 6 nitrogen and oxygen atoms in total. The summed E-state index contributed by atoms with van der Waals surface area (Å²) in [6.07, 6.45) is 0. The average Bonchev–Trinajstić information content (AvgIpc) is 2.98. The lowest BCUT2D eigenvalue weighted by Crippen LogP contribution is -2.43.